The van der Waals surface area contributed by atoms with Gasteiger partial charge in [-0.05, 0) is 30.7 Å². The fourth-order valence-corrected chi connectivity index (χ4v) is 3.44. The van der Waals surface area contributed by atoms with Crippen molar-refractivity contribution in [1.29, 1.82) is 0 Å². The van der Waals surface area contributed by atoms with Crippen LogP contribution in [-0.4, -0.2) is 18.4 Å². The summed E-state index contributed by atoms with van der Waals surface area (Å²) in [6.45, 7) is 2.59. The van der Waals surface area contributed by atoms with Crippen molar-refractivity contribution in [2.24, 2.45) is 0 Å². The molecule has 0 radical (unpaired) electrons. The van der Waals surface area contributed by atoms with Gasteiger partial charge in [0, 0.05) is 28.6 Å². The van der Waals surface area contributed by atoms with Gasteiger partial charge in [0.15, 0.2) is 0 Å². The fourth-order valence-electron chi connectivity index (χ4n) is 3.44. The molecule has 3 aromatic rings. The summed E-state index contributed by atoms with van der Waals surface area (Å²) in [7, 11) is 0. The fraction of sp³-hybridized carbons (Fsp3) is 0.143. The van der Waals surface area contributed by atoms with Gasteiger partial charge in [-0.25, -0.2) is 0 Å². The van der Waals surface area contributed by atoms with Gasteiger partial charge in [0.1, 0.15) is 0 Å². The third-order valence-electron chi connectivity index (χ3n) is 4.58. The van der Waals surface area contributed by atoms with Crippen molar-refractivity contribution in [2.45, 2.75) is 13.3 Å². The third kappa shape index (κ3) is 2.56. The van der Waals surface area contributed by atoms with Crippen molar-refractivity contribution >= 4 is 34.0 Å². The number of hydrogen-bond acceptors (Lipinski definition) is 2. The van der Waals surface area contributed by atoms with Gasteiger partial charge in [-0.1, -0.05) is 42.5 Å². The van der Waals surface area contributed by atoms with E-state index in [1.165, 1.54) is 0 Å². The van der Waals surface area contributed by atoms with Gasteiger partial charge >= 0.3 is 0 Å². The summed E-state index contributed by atoms with van der Waals surface area (Å²) in [6.07, 6.45) is 0.323. The molecule has 0 aromatic heterocycles. The SMILES string of the molecule is CCN1C(=O)c2cccc3c(NC(=O)Cc4ccccc4)ccc1c23. The van der Waals surface area contributed by atoms with Crippen molar-refractivity contribution in [3.8, 4) is 0 Å². The van der Waals surface area contributed by atoms with Crippen LogP contribution in [0.5, 0.6) is 0 Å². The molecule has 0 bridgehead atoms. The average molecular weight is 330 g/mol. The number of nitrogens with zero attached hydrogens (tertiary/aromatic N) is 1. The summed E-state index contributed by atoms with van der Waals surface area (Å²) in [5.41, 5.74) is 3.33. The van der Waals surface area contributed by atoms with E-state index in [9.17, 15) is 9.59 Å². The largest absolute Gasteiger partial charge is 0.325 e. The van der Waals surface area contributed by atoms with Crippen LogP contribution >= 0.6 is 0 Å². The van der Waals surface area contributed by atoms with Crippen LogP contribution in [0.4, 0.5) is 11.4 Å². The number of benzene rings is 3. The second-order valence-corrected chi connectivity index (χ2v) is 6.12. The zero-order valence-electron chi connectivity index (χ0n) is 14.0. The predicted octanol–water partition coefficient (Wildman–Crippen LogP) is 4.00. The molecule has 0 saturated heterocycles. The maximum atomic E-state index is 12.5. The van der Waals surface area contributed by atoms with Crippen molar-refractivity contribution in [2.75, 3.05) is 16.8 Å². The number of anilines is 2. The normalized spacial score (nSPS) is 12.7. The lowest BCUT2D eigenvalue weighted by Crippen LogP contribution is -2.25. The topological polar surface area (TPSA) is 49.4 Å². The Kier molecular flexibility index (Phi) is 3.73. The molecule has 0 aliphatic carbocycles. The molecule has 124 valence electrons. The van der Waals surface area contributed by atoms with Gasteiger partial charge in [-0.15, -0.1) is 0 Å². The Hall–Kier alpha value is -3.14. The molecule has 4 heteroatoms. The Morgan fingerprint density at radius 3 is 2.56 bits per heavy atom. The van der Waals surface area contributed by atoms with E-state index in [0.29, 0.717) is 18.5 Å². The van der Waals surface area contributed by atoms with E-state index < -0.39 is 0 Å². The van der Waals surface area contributed by atoms with Gasteiger partial charge in [0.05, 0.1) is 12.1 Å². The van der Waals surface area contributed by atoms with Gasteiger partial charge in [0.25, 0.3) is 5.91 Å². The van der Waals surface area contributed by atoms with Crippen molar-refractivity contribution < 1.29 is 9.59 Å². The Bertz CT molecular complexity index is 980. The third-order valence-corrected chi connectivity index (χ3v) is 4.58. The molecular weight excluding hydrogens is 312 g/mol. The Morgan fingerprint density at radius 1 is 1.00 bits per heavy atom. The number of carbonyl (C=O) groups excluding carboxylic acids is 2. The minimum atomic E-state index is -0.0661. The van der Waals surface area contributed by atoms with Crippen LogP contribution in [0, 0.1) is 0 Å². The van der Waals surface area contributed by atoms with Crippen LogP contribution in [0.25, 0.3) is 10.8 Å². The molecule has 0 unspecified atom stereocenters. The zero-order chi connectivity index (χ0) is 17.4. The van der Waals surface area contributed by atoms with Crippen LogP contribution in [0.15, 0.2) is 60.7 Å². The lowest BCUT2D eigenvalue weighted by molar-refractivity contribution is -0.115. The molecule has 2 amide bonds. The first-order valence-corrected chi connectivity index (χ1v) is 8.40. The minimum Gasteiger partial charge on any atom is -0.325 e. The number of nitrogens with one attached hydrogen (secondary N) is 1. The standard InChI is InChI=1S/C21H18N2O2/c1-2-23-18-12-11-17(15-9-6-10-16(20(15)18)21(23)25)22-19(24)13-14-7-4-3-5-8-14/h3-12H,2,13H2,1H3,(H,22,24). The molecule has 4 nitrogen and oxygen atoms in total. The molecule has 4 rings (SSSR count). The molecule has 3 aromatic carbocycles. The molecule has 0 fully saturated rings. The van der Waals surface area contributed by atoms with E-state index in [0.717, 1.165) is 27.7 Å². The van der Waals surface area contributed by atoms with E-state index in [1.807, 2.05) is 67.6 Å². The average Bonchev–Trinajstić information content (AvgIpc) is 2.91. The molecule has 1 N–H and O–H groups in total. The number of rotatable bonds is 4. The lowest BCUT2D eigenvalue weighted by Gasteiger charge is -2.15. The van der Waals surface area contributed by atoms with E-state index >= 15 is 0 Å². The van der Waals surface area contributed by atoms with Crippen molar-refractivity contribution in [3.05, 3.63) is 71.8 Å². The van der Waals surface area contributed by atoms with Crippen LogP contribution in [0.2, 0.25) is 0 Å². The Labute approximate surface area is 146 Å². The Morgan fingerprint density at radius 2 is 1.80 bits per heavy atom. The first kappa shape index (κ1) is 15.4. The monoisotopic (exact) mass is 330 g/mol. The molecule has 25 heavy (non-hydrogen) atoms. The molecular formula is C21H18N2O2. The number of hydrogen-bond donors (Lipinski definition) is 1. The van der Waals surface area contributed by atoms with Gasteiger partial charge in [-0.3, -0.25) is 9.59 Å². The number of amides is 2. The molecule has 1 aliphatic heterocycles. The van der Waals surface area contributed by atoms with Crippen molar-refractivity contribution in [3.63, 3.8) is 0 Å². The lowest BCUT2D eigenvalue weighted by atomic mass is 10.0. The first-order valence-electron chi connectivity index (χ1n) is 8.40. The molecule has 1 aliphatic rings. The summed E-state index contributed by atoms with van der Waals surface area (Å²) in [4.78, 5) is 26.7. The van der Waals surface area contributed by atoms with Gasteiger partial charge < -0.3 is 10.2 Å². The van der Waals surface area contributed by atoms with E-state index in [1.54, 1.807) is 4.90 Å². The highest BCUT2D eigenvalue weighted by Crippen LogP contribution is 2.40. The molecule has 0 spiro atoms. The smallest absolute Gasteiger partial charge is 0.258 e. The summed E-state index contributed by atoms with van der Waals surface area (Å²) in [6, 6.07) is 19.1. The Balaban J connectivity index is 1.69. The van der Waals surface area contributed by atoms with Gasteiger partial charge in [-0.2, -0.15) is 0 Å². The summed E-state index contributed by atoms with van der Waals surface area (Å²) < 4.78 is 0. The second kappa shape index (κ2) is 6.06. The highest BCUT2D eigenvalue weighted by atomic mass is 16.2. The molecule has 1 heterocycles. The second-order valence-electron chi connectivity index (χ2n) is 6.12. The van der Waals surface area contributed by atoms with Crippen LogP contribution < -0.4 is 10.2 Å². The van der Waals surface area contributed by atoms with Crippen LogP contribution in [0.3, 0.4) is 0 Å². The van der Waals surface area contributed by atoms with E-state index in [4.69, 9.17) is 0 Å². The van der Waals surface area contributed by atoms with E-state index in [2.05, 4.69) is 5.32 Å². The molecule has 0 atom stereocenters. The minimum absolute atomic E-state index is 0.0239. The summed E-state index contributed by atoms with van der Waals surface area (Å²) in [5.74, 6) is -0.0422. The first-order chi connectivity index (χ1) is 12.2. The quantitative estimate of drug-likeness (QED) is 0.786. The van der Waals surface area contributed by atoms with Crippen molar-refractivity contribution in [1.82, 2.24) is 0 Å². The number of carbonyl (C=O) groups is 2. The summed E-state index contributed by atoms with van der Waals surface area (Å²) >= 11 is 0. The summed E-state index contributed by atoms with van der Waals surface area (Å²) in [5, 5.41) is 4.82. The highest BCUT2D eigenvalue weighted by Gasteiger charge is 2.29. The highest BCUT2D eigenvalue weighted by molar-refractivity contribution is 6.27. The van der Waals surface area contributed by atoms with Crippen LogP contribution in [-0.2, 0) is 11.2 Å². The van der Waals surface area contributed by atoms with Crippen LogP contribution in [0.1, 0.15) is 22.8 Å². The predicted molar refractivity (Wildman–Crippen MR) is 100 cm³/mol. The zero-order valence-corrected chi connectivity index (χ0v) is 14.0. The maximum absolute atomic E-state index is 12.5. The maximum Gasteiger partial charge on any atom is 0.258 e. The van der Waals surface area contributed by atoms with Gasteiger partial charge in [0.2, 0.25) is 5.91 Å². The van der Waals surface area contributed by atoms with E-state index in [-0.39, 0.29) is 11.8 Å². The molecule has 0 saturated carbocycles.